The van der Waals surface area contributed by atoms with Crippen molar-refractivity contribution in [3.63, 3.8) is 0 Å². The fraction of sp³-hybridized carbons (Fsp3) is 0.294. The highest BCUT2D eigenvalue weighted by Gasteiger charge is 2.17. The summed E-state index contributed by atoms with van der Waals surface area (Å²) >= 11 is 0. The topological polar surface area (TPSA) is 141 Å². The predicted molar refractivity (Wildman–Crippen MR) is 95.0 cm³/mol. The maximum Gasteiger partial charge on any atom is 0.283 e. The first-order valence-corrected chi connectivity index (χ1v) is 8.11. The Kier molecular flexibility index (Phi) is 8.46. The minimum atomic E-state index is -0.863. The summed E-state index contributed by atoms with van der Waals surface area (Å²) in [6, 6.07) is 3.82. The quantitative estimate of drug-likeness (QED) is 0.149. The molecule has 0 unspecified atom stereocenters. The van der Waals surface area contributed by atoms with Gasteiger partial charge in [-0.05, 0) is 31.4 Å². The molecule has 10 heteroatoms. The van der Waals surface area contributed by atoms with Gasteiger partial charge in [0.2, 0.25) is 0 Å². The average Bonchev–Trinajstić information content (AvgIpc) is 2.66. The lowest BCUT2D eigenvalue weighted by Gasteiger charge is -2.15. The van der Waals surface area contributed by atoms with Crippen LogP contribution in [0.1, 0.15) is 29.8 Å². The van der Waals surface area contributed by atoms with Crippen LogP contribution in [0.2, 0.25) is 0 Å². The first-order chi connectivity index (χ1) is 12.8. The van der Waals surface area contributed by atoms with Crippen LogP contribution >= 0.6 is 0 Å². The van der Waals surface area contributed by atoms with Gasteiger partial charge in [-0.2, -0.15) is 5.06 Å². The molecule has 0 aromatic carbocycles. The van der Waals surface area contributed by atoms with E-state index in [2.05, 4.69) is 23.8 Å². The monoisotopic (exact) mass is 378 g/mol. The Morgan fingerprint density at radius 1 is 1.15 bits per heavy atom. The highest BCUT2D eigenvalue weighted by atomic mass is 16.5. The van der Waals surface area contributed by atoms with Gasteiger partial charge in [0.05, 0.1) is 0 Å². The molecule has 0 aliphatic rings. The summed E-state index contributed by atoms with van der Waals surface area (Å²) in [6.45, 7) is 7.11. The normalized spacial score (nSPS) is 9.96. The fourth-order valence-electron chi connectivity index (χ4n) is 1.99. The van der Waals surface area contributed by atoms with Crippen molar-refractivity contribution >= 4 is 17.7 Å². The number of carbonyl (C=O) groups is 3. The van der Waals surface area contributed by atoms with Crippen LogP contribution in [0.4, 0.5) is 0 Å². The number of carbonyl (C=O) groups excluding carboxylic acids is 3. The van der Waals surface area contributed by atoms with Gasteiger partial charge in [0.15, 0.2) is 0 Å². The van der Waals surface area contributed by atoms with E-state index in [1.54, 1.807) is 0 Å². The molecule has 27 heavy (non-hydrogen) atoms. The molecule has 0 spiro atoms. The number of hydroxylamine groups is 2. The molecular weight excluding hydrogens is 356 g/mol. The first kappa shape index (κ1) is 21.6. The lowest BCUT2D eigenvalue weighted by atomic mass is 10.2. The van der Waals surface area contributed by atoms with Crippen molar-refractivity contribution in [1.29, 1.82) is 0 Å². The first-order valence-electron chi connectivity index (χ1n) is 8.11. The molecule has 10 nitrogen and oxygen atoms in total. The van der Waals surface area contributed by atoms with Crippen molar-refractivity contribution in [2.45, 2.75) is 19.3 Å². The standard InChI is InChI=1S/C17H22N4O6/c1-3-14(22)20(26)12(2)16(24)18-10-5-4-6-11-19-17(25)13-8-7-9-15(23)21(13)27/h3,7-9,26-27H,1-2,4-6,10-11H2,(H,18,24)(H,19,25). The number of pyridine rings is 1. The van der Waals surface area contributed by atoms with Crippen LogP contribution in [-0.4, -0.2) is 51.0 Å². The van der Waals surface area contributed by atoms with Crippen molar-refractivity contribution in [3.05, 3.63) is 59.2 Å². The zero-order chi connectivity index (χ0) is 20.4. The van der Waals surface area contributed by atoms with E-state index < -0.39 is 29.0 Å². The second kappa shape index (κ2) is 10.6. The molecular formula is C17H22N4O6. The summed E-state index contributed by atoms with van der Waals surface area (Å²) in [5.74, 6) is -2.13. The third kappa shape index (κ3) is 6.44. The highest BCUT2D eigenvalue weighted by molar-refractivity contribution is 5.98. The van der Waals surface area contributed by atoms with Gasteiger partial charge in [0.1, 0.15) is 11.4 Å². The van der Waals surface area contributed by atoms with Crippen LogP contribution in [0.25, 0.3) is 0 Å². The van der Waals surface area contributed by atoms with Crippen molar-refractivity contribution in [1.82, 2.24) is 20.4 Å². The van der Waals surface area contributed by atoms with Gasteiger partial charge in [0, 0.05) is 19.2 Å². The molecule has 1 heterocycles. The van der Waals surface area contributed by atoms with E-state index in [1.165, 1.54) is 12.1 Å². The van der Waals surface area contributed by atoms with Crippen LogP contribution < -0.4 is 16.2 Å². The fourth-order valence-corrected chi connectivity index (χ4v) is 1.99. The summed E-state index contributed by atoms with van der Waals surface area (Å²) in [6.07, 6.45) is 2.71. The van der Waals surface area contributed by atoms with Crippen molar-refractivity contribution < 1.29 is 24.8 Å². The van der Waals surface area contributed by atoms with Gasteiger partial charge in [0.25, 0.3) is 23.3 Å². The molecule has 3 amide bonds. The molecule has 0 aliphatic heterocycles. The van der Waals surface area contributed by atoms with E-state index in [0.29, 0.717) is 25.8 Å². The lowest BCUT2D eigenvalue weighted by molar-refractivity contribution is -0.154. The number of amides is 3. The molecule has 4 N–H and O–H groups in total. The molecule has 0 saturated heterocycles. The van der Waals surface area contributed by atoms with Crippen molar-refractivity contribution in [3.8, 4) is 0 Å². The minimum Gasteiger partial charge on any atom is -0.425 e. The van der Waals surface area contributed by atoms with Gasteiger partial charge in [-0.15, -0.1) is 4.73 Å². The Morgan fingerprint density at radius 3 is 2.41 bits per heavy atom. The van der Waals surface area contributed by atoms with Crippen LogP contribution in [0.15, 0.2) is 47.9 Å². The van der Waals surface area contributed by atoms with Crippen LogP contribution in [0, 0.1) is 0 Å². The maximum atomic E-state index is 11.9. The number of nitrogens with one attached hydrogen (secondary N) is 2. The molecule has 0 bridgehead atoms. The summed E-state index contributed by atoms with van der Waals surface area (Å²) in [7, 11) is 0. The molecule has 0 aliphatic carbocycles. The molecule has 1 rings (SSSR count). The largest absolute Gasteiger partial charge is 0.425 e. The van der Waals surface area contributed by atoms with Crippen LogP contribution in [-0.2, 0) is 9.59 Å². The Bertz CT molecular complexity index is 786. The summed E-state index contributed by atoms with van der Waals surface area (Å²) in [5, 5.41) is 24.0. The smallest absolute Gasteiger partial charge is 0.283 e. The van der Waals surface area contributed by atoms with E-state index in [9.17, 15) is 29.6 Å². The van der Waals surface area contributed by atoms with Gasteiger partial charge in [-0.3, -0.25) is 24.4 Å². The Labute approximate surface area is 155 Å². The van der Waals surface area contributed by atoms with E-state index in [-0.39, 0.29) is 22.0 Å². The SMILES string of the molecule is C=CC(=O)N(O)C(=C)C(=O)NCCCCCNC(=O)c1cccc(=O)n1O. The van der Waals surface area contributed by atoms with Crippen LogP contribution in [0.5, 0.6) is 0 Å². The van der Waals surface area contributed by atoms with Gasteiger partial charge in [-0.25, -0.2) is 0 Å². The number of nitrogens with zero attached hydrogens (tertiary/aromatic N) is 2. The van der Waals surface area contributed by atoms with E-state index in [0.717, 1.165) is 12.1 Å². The molecule has 0 atom stereocenters. The van der Waals surface area contributed by atoms with Gasteiger partial charge < -0.3 is 15.8 Å². The van der Waals surface area contributed by atoms with Gasteiger partial charge in [-0.1, -0.05) is 19.2 Å². The number of hydrogen-bond acceptors (Lipinski definition) is 6. The maximum absolute atomic E-state index is 11.9. The van der Waals surface area contributed by atoms with Gasteiger partial charge >= 0.3 is 0 Å². The molecule has 146 valence electrons. The summed E-state index contributed by atoms with van der Waals surface area (Å²) in [5.41, 5.74) is -1.27. The second-order valence-corrected chi connectivity index (χ2v) is 5.43. The molecule has 0 radical (unpaired) electrons. The summed E-state index contributed by atoms with van der Waals surface area (Å²) in [4.78, 5) is 45.9. The van der Waals surface area contributed by atoms with E-state index >= 15 is 0 Å². The number of aromatic nitrogens is 1. The van der Waals surface area contributed by atoms with E-state index in [1.807, 2.05) is 0 Å². The Morgan fingerprint density at radius 2 is 1.78 bits per heavy atom. The zero-order valence-electron chi connectivity index (χ0n) is 14.7. The number of unbranched alkanes of at least 4 members (excludes halogenated alkanes) is 2. The predicted octanol–water partition coefficient (Wildman–Crippen LogP) is 0.0194. The third-order valence-electron chi connectivity index (χ3n) is 3.49. The summed E-state index contributed by atoms with van der Waals surface area (Å²) < 4.78 is 0.277. The third-order valence-corrected chi connectivity index (χ3v) is 3.49. The highest BCUT2D eigenvalue weighted by Crippen LogP contribution is 2.00. The molecule has 0 saturated carbocycles. The van der Waals surface area contributed by atoms with Crippen molar-refractivity contribution in [2.75, 3.05) is 13.1 Å². The number of hydrogen-bond donors (Lipinski definition) is 4. The average molecular weight is 378 g/mol. The molecule has 1 aromatic heterocycles. The lowest BCUT2D eigenvalue weighted by Crippen LogP contribution is -2.35. The van der Waals surface area contributed by atoms with Crippen LogP contribution in [0.3, 0.4) is 0 Å². The Balaban J connectivity index is 2.23. The second-order valence-electron chi connectivity index (χ2n) is 5.43. The molecule has 1 aromatic rings. The van der Waals surface area contributed by atoms with E-state index in [4.69, 9.17) is 0 Å². The van der Waals surface area contributed by atoms with Crippen molar-refractivity contribution in [2.24, 2.45) is 0 Å². The molecule has 0 fully saturated rings. The zero-order valence-corrected chi connectivity index (χ0v) is 14.7. The minimum absolute atomic E-state index is 0.113. The number of rotatable bonds is 10. The Hall–Kier alpha value is -3.40.